The maximum atomic E-state index is 12.7. The molecule has 0 unspecified atom stereocenters. The van der Waals surface area contributed by atoms with Gasteiger partial charge in [0, 0.05) is 25.7 Å². The highest BCUT2D eigenvalue weighted by Crippen LogP contribution is 2.30. The molecule has 122 valence electrons. The zero-order valence-corrected chi connectivity index (χ0v) is 13.6. The lowest BCUT2D eigenvalue weighted by Gasteiger charge is -2.30. The fourth-order valence-electron chi connectivity index (χ4n) is 2.68. The van der Waals surface area contributed by atoms with Gasteiger partial charge in [0.25, 0.3) is 5.69 Å². The van der Waals surface area contributed by atoms with Gasteiger partial charge in [0.1, 0.15) is 5.69 Å². The molecule has 0 amide bonds. The monoisotopic (exact) mass is 327 g/mol. The van der Waals surface area contributed by atoms with Crippen LogP contribution < -0.4 is 5.32 Å². The summed E-state index contributed by atoms with van der Waals surface area (Å²) in [6.07, 6.45) is 1.82. The molecule has 0 aromatic heterocycles. The van der Waals surface area contributed by atoms with E-state index < -0.39 is 14.9 Å². The van der Waals surface area contributed by atoms with Crippen LogP contribution in [0.2, 0.25) is 0 Å². The summed E-state index contributed by atoms with van der Waals surface area (Å²) in [6, 6.07) is 4.04. The fourth-order valence-corrected chi connectivity index (χ4v) is 4.30. The minimum Gasteiger partial charge on any atom is -0.380 e. The number of nitro benzene ring substituents is 1. The van der Waals surface area contributed by atoms with E-state index in [0.717, 1.165) is 18.9 Å². The van der Waals surface area contributed by atoms with Crippen molar-refractivity contribution >= 4 is 21.4 Å². The molecule has 0 spiro atoms. The first kappa shape index (κ1) is 16.7. The summed E-state index contributed by atoms with van der Waals surface area (Å²) < 4.78 is 26.7. The second-order valence-electron chi connectivity index (χ2n) is 5.58. The third-order valence-electron chi connectivity index (χ3n) is 3.79. The van der Waals surface area contributed by atoms with E-state index in [2.05, 4.69) is 5.32 Å². The Morgan fingerprint density at radius 2 is 2.18 bits per heavy atom. The molecule has 0 saturated carbocycles. The van der Waals surface area contributed by atoms with E-state index in [1.54, 1.807) is 0 Å². The molecule has 1 saturated heterocycles. The SMILES string of the molecule is CCNc1ccc(S(=O)(=O)N2CCC[C@H](C)C2)cc1[N+](=O)[O-]. The van der Waals surface area contributed by atoms with Gasteiger partial charge in [-0.2, -0.15) is 4.31 Å². The van der Waals surface area contributed by atoms with Crippen molar-refractivity contribution in [1.82, 2.24) is 4.31 Å². The summed E-state index contributed by atoms with van der Waals surface area (Å²) in [5.41, 5.74) is 0.117. The average molecular weight is 327 g/mol. The number of sulfonamides is 1. The Morgan fingerprint density at radius 1 is 1.45 bits per heavy atom. The van der Waals surface area contributed by atoms with Crippen LogP contribution in [0.4, 0.5) is 11.4 Å². The van der Waals surface area contributed by atoms with E-state index in [-0.39, 0.29) is 10.6 Å². The smallest absolute Gasteiger partial charge is 0.293 e. The number of hydrogen-bond donors (Lipinski definition) is 1. The zero-order valence-electron chi connectivity index (χ0n) is 12.8. The van der Waals surface area contributed by atoms with Crippen LogP contribution in [0.5, 0.6) is 0 Å². The molecule has 1 aromatic rings. The standard InChI is InChI=1S/C14H21N3O4S/c1-3-15-13-7-6-12(9-14(13)17(18)19)22(20,21)16-8-4-5-11(2)10-16/h6-7,9,11,15H,3-5,8,10H2,1-2H3/t11-/m0/s1. The predicted octanol–water partition coefficient (Wildman–Crippen LogP) is 2.45. The maximum absolute atomic E-state index is 12.7. The lowest BCUT2D eigenvalue weighted by atomic mass is 10.0. The van der Waals surface area contributed by atoms with Crippen LogP contribution in [0, 0.1) is 16.0 Å². The van der Waals surface area contributed by atoms with Gasteiger partial charge in [0.2, 0.25) is 10.0 Å². The lowest BCUT2D eigenvalue weighted by molar-refractivity contribution is -0.384. The van der Waals surface area contributed by atoms with Gasteiger partial charge in [-0.3, -0.25) is 10.1 Å². The van der Waals surface area contributed by atoms with Crippen molar-refractivity contribution in [2.24, 2.45) is 5.92 Å². The zero-order chi connectivity index (χ0) is 16.3. The Balaban J connectivity index is 2.38. The van der Waals surface area contributed by atoms with Crippen LogP contribution in [-0.2, 0) is 10.0 Å². The number of piperidine rings is 1. The van der Waals surface area contributed by atoms with Crippen molar-refractivity contribution in [1.29, 1.82) is 0 Å². The highest BCUT2D eigenvalue weighted by Gasteiger charge is 2.30. The second kappa shape index (κ2) is 6.62. The molecule has 1 aromatic carbocycles. The minimum absolute atomic E-state index is 0.0186. The van der Waals surface area contributed by atoms with E-state index in [0.29, 0.717) is 31.2 Å². The Hall–Kier alpha value is -1.67. The van der Waals surface area contributed by atoms with Gasteiger partial charge in [-0.05, 0) is 37.8 Å². The number of rotatable bonds is 5. The Kier molecular flexibility index (Phi) is 5.02. The van der Waals surface area contributed by atoms with Crippen LogP contribution >= 0.6 is 0 Å². The molecule has 2 rings (SSSR count). The van der Waals surface area contributed by atoms with E-state index in [1.807, 2.05) is 13.8 Å². The van der Waals surface area contributed by atoms with Crippen LogP contribution in [0.1, 0.15) is 26.7 Å². The first-order chi connectivity index (χ1) is 10.4. The molecular weight excluding hydrogens is 306 g/mol. The summed E-state index contributed by atoms with van der Waals surface area (Å²) in [4.78, 5) is 10.6. The Morgan fingerprint density at radius 3 is 2.77 bits per heavy atom. The molecule has 1 aliphatic heterocycles. The minimum atomic E-state index is -3.68. The molecule has 1 heterocycles. The Labute approximate surface area is 130 Å². The number of hydrogen-bond acceptors (Lipinski definition) is 5. The summed E-state index contributed by atoms with van der Waals surface area (Å²) >= 11 is 0. The van der Waals surface area contributed by atoms with Gasteiger partial charge in [-0.15, -0.1) is 0 Å². The van der Waals surface area contributed by atoms with Crippen molar-refractivity contribution in [3.05, 3.63) is 28.3 Å². The topological polar surface area (TPSA) is 92.6 Å². The number of nitrogens with zero attached hydrogens (tertiary/aromatic N) is 2. The quantitative estimate of drug-likeness (QED) is 0.662. The molecule has 0 aliphatic carbocycles. The average Bonchev–Trinajstić information content (AvgIpc) is 2.47. The normalized spacial score (nSPS) is 19.8. The fraction of sp³-hybridized carbons (Fsp3) is 0.571. The molecule has 8 heteroatoms. The summed E-state index contributed by atoms with van der Waals surface area (Å²) in [7, 11) is -3.68. The first-order valence-electron chi connectivity index (χ1n) is 7.38. The lowest BCUT2D eigenvalue weighted by Crippen LogP contribution is -2.39. The van der Waals surface area contributed by atoms with E-state index in [9.17, 15) is 18.5 Å². The van der Waals surface area contributed by atoms with Crippen molar-refractivity contribution in [2.75, 3.05) is 25.0 Å². The maximum Gasteiger partial charge on any atom is 0.293 e. The second-order valence-corrected chi connectivity index (χ2v) is 7.51. The number of nitro groups is 1. The van der Waals surface area contributed by atoms with Crippen LogP contribution in [0.25, 0.3) is 0 Å². The summed E-state index contributed by atoms with van der Waals surface area (Å²) in [6.45, 7) is 5.29. The van der Waals surface area contributed by atoms with Gasteiger partial charge in [-0.25, -0.2) is 8.42 Å². The van der Waals surface area contributed by atoms with Crippen molar-refractivity contribution in [2.45, 2.75) is 31.6 Å². The number of nitrogens with one attached hydrogen (secondary N) is 1. The first-order valence-corrected chi connectivity index (χ1v) is 8.82. The van der Waals surface area contributed by atoms with Crippen molar-refractivity contribution in [3.8, 4) is 0 Å². The van der Waals surface area contributed by atoms with Crippen molar-refractivity contribution in [3.63, 3.8) is 0 Å². The Bertz CT molecular complexity index is 660. The highest BCUT2D eigenvalue weighted by atomic mass is 32.2. The van der Waals surface area contributed by atoms with Crippen molar-refractivity contribution < 1.29 is 13.3 Å². The molecule has 1 aliphatic rings. The third-order valence-corrected chi connectivity index (χ3v) is 5.65. The van der Waals surface area contributed by atoms with E-state index in [1.165, 1.54) is 16.4 Å². The highest BCUT2D eigenvalue weighted by molar-refractivity contribution is 7.89. The number of benzene rings is 1. The molecular formula is C14H21N3O4S. The van der Waals surface area contributed by atoms with Crippen LogP contribution in [0.15, 0.2) is 23.1 Å². The molecule has 7 nitrogen and oxygen atoms in total. The van der Waals surface area contributed by atoms with Gasteiger partial charge >= 0.3 is 0 Å². The van der Waals surface area contributed by atoms with Gasteiger partial charge in [0.05, 0.1) is 9.82 Å². The summed E-state index contributed by atoms with van der Waals surface area (Å²) in [5, 5.41) is 14.0. The van der Waals surface area contributed by atoms with Gasteiger partial charge in [-0.1, -0.05) is 6.92 Å². The van der Waals surface area contributed by atoms with Gasteiger partial charge in [0.15, 0.2) is 0 Å². The molecule has 22 heavy (non-hydrogen) atoms. The molecule has 1 N–H and O–H groups in total. The molecule has 1 fully saturated rings. The molecule has 1 atom stereocenters. The van der Waals surface area contributed by atoms with E-state index >= 15 is 0 Å². The van der Waals surface area contributed by atoms with E-state index in [4.69, 9.17) is 0 Å². The predicted molar refractivity (Wildman–Crippen MR) is 84.4 cm³/mol. The largest absolute Gasteiger partial charge is 0.380 e. The molecule has 0 radical (unpaired) electrons. The molecule has 0 bridgehead atoms. The van der Waals surface area contributed by atoms with Gasteiger partial charge < -0.3 is 5.32 Å². The van der Waals surface area contributed by atoms with Crippen LogP contribution in [0.3, 0.4) is 0 Å². The number of anilines is 1. The third kappa shape index (κ3) is 3.38. The van der Waals surface area contributed by atoms with Crippen LogP contribution in [-0.4, -0.2) is 37.3 Å². The summed E-state index contributed by atoms with van der Waals surface area (Å²) in [5.74, 6) is 0.305.